The molecule has 0 N–H and O–H groups in total. The summed E-state index contributed by atoms with van der Waals surface area (Å²) in [5.74, 6) is 0.165. The van der Waals surface area contributed by atoms with Crippen LogP contribution < -0.4 is 0 Å². The number of amides is 1. The van der Waals surface area contributed by atoms with Gasteiger partial charge in [0.15, 0.2) is 0 Å². The molecule has 0 aliphatic carbocycles. The lowest BCUT2D eigenvalue weighted by Gasteiger charge is -2.31. The average molecular weight is 329 g/mol. The molecule has 2 heterocycles. The summed E-state index contributed by atoms with van der Waals surface area (Å²) in [6.45, 7) is 5.71. The van der Waals surface area contributed by atoms with Gasteiger partial charge in [-0.2, -0.15) is 0 Å². The van der Waals surface area contributed by atoms with Crippen LogP contribution in [-0.4, -0.2) is 42.8 Å². The number of allylic oxidation sites excluding steroid dienone is 1. The fourth-order valence-corrected chi connectivity index (χ4v) is 3.73. The van der Waals surface area contributed by atoms with Gasteiger partial charge in [-0.05, 0) is 28.8 Å². The second-order valence-electron chi connectivity index (χ2n) is 5.43. The van der Waals surface area contributed by atoms with Crippen molar-refractivity contribution in [2.75, 3.05) is 6.54 Å². The van der Waals surface area contributed by atoms with E-state index in [0.717, 1.165) is 24.9 Å². The number of hydrogen-bond acceptors (Lipinski definition) is 5. The standard InChI is InChI=1S/C16H19N5OS/c1-2-10-21-16(17-18-19-21)23-14-9-6-11-20(15(14)22)12-13-7-4-3-5-8-13/h2-5,7-8,14H,1,6,9-12H2/t14-/m1/s1. The number of benzene rings is 1. The number of thioether (sulfide) groups is 1. The Kier molecular flexibility index (Phi) is 5.07. The van der Waals surface area contributed by atoms with Crippen LogP contribution in [0.2, 0.25) is 0 Å². The summed E-state index contributed by atoms with van der Waals surface area (Å²) in [5.41, 5.74) is 1.16. The number of tetrazole rings is 1. The Labute approximate surface area is 139 Å². The molecule has 1 atom stereocenters. The number of carbonyl (C=O) groups is 1. The highest BCUT2D eigenvalue weighted by molar-refractivity contribution is 8.00. The fourth-order valence-electron chi connectivity index (χ4n) is 2.62. The van der Waals surface area contributed by atoms with E-state index >= 15 is 0 Å². The second kappa shape index (κ2) is 7.41. The predicted octanol–water partition coefficient (Wildman–Crippen LogP) is 2.14. The summed E-state index contributed by atoms with van der Waals surface area (Å²) in [6.07, 6.45) is 3.60. The summed E-state index contributed by atoms with van der Waals surface area (Å²) < 4.78 is 1.67. The molecular weight excluding hydrogens is 310 g/mol. The zero-order chi connectivity index (χ0) is 16.1. The van der Waals surface area contributed by atoms with Crippen LogP contribution >= 0.6 is 11.8 Å². The largest absolute Gasteiger partial charge is 0.337 e. The van der Waals surface area contributed by atoms with Crippen molar-refractivity contribution in [1.29, 1.82) is 0 Å². The van der Waals surface area contributed by atoms with Crippen molar-refractivity contribution < 1.29 is 4.79 Å². The van der Waals surface area contributed by atoms with E-state index in [1.807, 2.05) is 23.1 Å². The first-order chi connectivity index (χ1) is 11.3. The van der Waals surface area contributed by atoms with Crippen molar-refractivity contribution in [3.05, 3.63) is 48.6 Å². The normalized spacial score (nSPS) is 18.2. The van der Waals surface area contributed by atoms with E-state index in [1.165, 1.54) is 11.8 Å². The Hall–Kier alpha value is -2.15. The molecule has 1 aromatic carbocycles. The van der Waals surface area contributed by atoms with Crippen molar-refractivity contribution >= 4 is 17.7 Å². The van der Waals surface area contributed by atoms with E-state index in [1.54, 1.807) is 10.8 Å². The third-order valence-corrected chi connectivity index (χ3v) is 4.97. The molecule has 2 aromatic rings. The average Bonchev–Trinajstić information content (AvgIpc) is 3.00. The van der Waals surface area contributed by atoms with Gasteiger partial charge in [-0.25, -0.2) is 4.68 Å². The van der Waals surface area contributed by atoms with Crippen LogP contribution in [0.15, 0.2) is 48.1 Å². The van der Waals surface area contributed by atoms with Crippen LogP contribution in [0.4, 0.5) is 0 Å². The van der Waals surface area contributed by atoms with Crippen LogP contribution in [0.5, 0.6) is 0 Å². The van der Waals surface area contributed by atoms with Gasteiger partial charge in [0.1, 0.15) is 0 Å². The van der Waals surface area contributed by atoms with E-state index in [9.17, 15) is 4.79 Å². The van der Waals surface area contributed by atoms with E-state index in [-0.39, 0.29) is 11.2 Å². The molecular formula is C16H19N5OS. The molecule has 6 nitrogen and oxygen atoms in total. The first kappa shape index (κ1) is 15.7. The van der Waals surface area contributed by atoms with E-state index in [0.29, 0.717) is 18.2 Å². The third kappa shape index (κ3) is 3.79. The van der Waals surface area contributed by atoms with E-state index in [2.05, 4.69) is 34.2 Å². The minimum Gasteiger partial charge on any atom is -0.337 e. The van der Waals surface area contributed by atoms with Gasteiger partial charge in [0.05, 0.1) is 11.8 Å². The molecule has 1 aliphatic rings. The molecule has 0 unspecified atom stereocenters. The van der Waals surface area contributed by atoms with Gasteiger partial charge >= 0.3 is 0 Å². The molecule has 1 amide bonds. The van der Waals surface area contributed by atoms with Crippen LogP contribution in [0.3, 0.4) is 0 Å². The van der Waals surface area contributed by atoms with Gasteiger partial charge in [-0.15, -0.1) is 11.7 Å². The number of likely N-dealkylation sites (tertiary alicyclic amines) is 1. The lowest BCUT2D eigenvalue weighted by Crippen LogP contribution is -2.42. The van der Waals surface area contributed by atoms with Crippen LogP contribution in [-0.2, 0) is 17.9 Å². The summed E-state index contributed by atoms with van der Waals surface area (Å²) in [4.78, 5) is 14.7. The zero-order valence-electron chi connectivity index (χ0n) is 12.8. The summed E-state index contributed by atoms with van der Waals surface area (Å²) in [6, 6.07) is 10.1. The van der Waals surface area contributed by atoms with Gasteiger partial charge in [-0.1, -0.05) is 48.2 Å². The molecule has 120 valence electrons. The molecule has 1 aliphatic heterocycles. The third-order valence-electron chi connectivity index (χ3n) is 3.75. The Balaban J connectivity index is 1.67. The van der Waals surface area contributed by atoms with Crippen molar-refractivity contribution in [1.82, 2.24) is 25.1 Å². The van der Waals surface area contributed by atoms with Gasteiger partial charge in [0.2, 0.25) is 11.1 Å². The van der Waals surface area contributed by atoms with Crippen molar-refractivity contribution in [3.8, 4) is 0 Å². The second-order valence-corrected chi connectivity index (χ2v) is 6.60. The molecule has 7 heteroatoms. The van der Waals surface area contributed by atoms with Gasteiger partial charge < -0.3 is 4.90 Å². The summed E-state index contributed by atoms with van der Waals surface area (Å²) in [7, 11) is 0. The first-order valence-electron chi connectivity index (χ1n) is 7.64. The fraction of sp³-hybridized carbons (Fsp3) is 0.375. The molecule has 23 heavy (non-hydrogen) atoms. The molecule has 1 aromatic heterocycles. The maximum absolute atomic E-state index is 12.7. The Morgan fingerprint density at radius 3 is 2.96 bits per heavy atom. The van der Waals surface area contributed by atoms with Crippen molar-refractivity contribution in [3.63, 3.8) is 0 Å². The number of aromatic nitrogens is 4. The number of nitrogens with zero attached hydrogens (tertiary/aromatic N) is 5. The smallest absolute Gasteiger partial charge is 0.236 e. The molecule has 1 saturated heterocycles. The maximum Gasteiger partial charge on any atom is 0.236 e. The Morgan fingerprint density at radius 2 is 2.17 bits per heavy atom. The molecule has 0 radical (unpaired) electrons. The predicted molar refractivity (Wildman–Crippen MR) is 88.8 cm³/mol. The summed E-state index contributed by atoms with van der Waals surface area (Å²) >= 11 is 1.45. The highest BCUT2D eigenvalue weighted by Crippen LogP contribution is 2.29. The highest BCUT2D eigenvalue weighted by atomic mass is 32.2. The van der Waals surface area contributed by atoms with E-state index in [4.69, 9.17) is 0 Å². The monoisotopic (exact) mass is 329 g/mol. The topological polar surface area (TPSA) is 63.9 Å². The molecule has 0 spiro atoms. The Bertz CT molecular complexity index is 672. The first-order valence-corrected chi connectivity index (χ1v) is 8.52. The van der Waals surface area contributed by atoms with E-state index < -0.39 is 0 Å². The van der Waals surface area contributed by atoms with Crippen LogP contribution in [0.1, 0.15) is 18.4 Å². The van der Waals surface area contributed by atoms with Gasteiger partial charge in [-0.3, -0.25) is 4.79 Å². The number of piperidine rings is 1. The molecule has 0 bridgehead atoms. The number of carbonyl (C=O) groups excluding carboxylic acids is 1. The van der Waals surface area contributed by atoms with Gasteiger partial charge in [0, 0.05) is 13.1 Å². The summed E-state index contributed by atoms with van der Waals surface area (Å²) in [5, 5.41) is 12.2. The lowest BCUT2D eigenvalue weighted by molar-refractivity contribution is -0.133. The van der Waals surface area contributed by atoms with Gasteiger partial charge in [0.25, 0.3) is 0 Å². The Morgan fingerprint density at radius 1 is 1.35 bits per heavy atom. The SMILES string of the molecule is C=CCn1nnnc1S[C@@H]1CCCN(Cc2ccccc2)C1=O. The minimum absolute atomic E-state index is 0.123. The highest BCUT2D eigenvalue weighted by Gasteiger charge is 2.31. The van der Waals surface area contributed by atoms with Crippen LogP contribution in [0.25, 0.3) is 0 Å². The molecule has 3 rings (SSSR count). The molecule has 0 saturated carbocycles. The van der Waals surface area contributed by atoms with Crippen molar-refractivity contribution in [2.45, 2.75) is 36.3 Å². The lowest BCUT2D eigenvalue weighted by atomic mass is 10.1. The maximum atomic E-state index is 12.7. The zero-order valence-corrected chi connectivity index (χ0v) is 13.7. The minimum atomic E-state index is -0.123. The number of hydrogen-bond donors (Lipinski definition) is 0. The van der Waals surface area contributed by atoms with Crippen molar-refractivity contribution in [2.24, 2.45) is 0 Å². The van der Waals surface area contributed by atoms with Crippen LogP contribution in [0, 0.1) is 0 Å². The number of rotatable bonds is 6. The molecule has 1 fully saturated rings. The quantitative estimate of drug-likeness (QED) is 0.760.